The van der Waals surface area contributed by atoms with Crippen LogP contribution in [0.25, 0.3) is 65.3 Å². The monoisotopic (exact) mass is 850 g/mol. The van der Waals surface area contributed by atoms with E-state index in [2.05, 4.69) is 217 Å². The average Bonchev–Trinajstić information content (AvgIpc) is 3.97. The maximum absolute atomic E-state index is 2.45. The molecule has 60 heavy (non-hydrogen) atoms. The topological polar surface area (TPSA) is 0 Å². The van der Waals surface area contributed by atoms with Crippen molar-refractivity contribution >= 4 is 46.3 Å². The van der Waals surface area contributed by atoms with Crippen molar-refractivity contribution in [2.75, 3.05) is 0 Å². The third kappa shape index (κ3) is 9.04. The zero-order valence-corrected chi connectivity index (χ0v) is 38.1. The van der Waals surface area contributed by atoms with Crippen molar-refractivity contribution in [3.63, 3.8) is 0 Å². The Balaban J connectivity index is 0.000000158. The summed E-state index contributed by atoms with van der Waals surface area (Å²) in [5, 5.41) is 10.6. The second-order valence-electron chi connectivity index (χ2n) is 17.8. The minimum absolute atomic E-state index is 0.0554. The Morgan fingerprint density at radius 2 is 0.783 bits per heavy atom. The maximum Gasteiger partial charge on any atom is -0.172 e. The van der Waals surface area contributed by atoms with Crippen LogP contribution in [0.15, 0.2) is 206 Å². The molecule has 0 atom stereocenters. The van der Waals surface area contributed by atoms with Crippen molar-refractivity contribution in [1.29, 1.82) is 0 Å². The Kier molecular flexibility index (Phi) is 11.9. The fourth-order valence-corrected chi connectivity index (χ4v) is 9.00. The van der Waals surface area contributed by atoms with Crippen molar-refractivity contribution < 1.29 is 24.2 Å². The van der Waals surface area contributed by atoms with Gasteiger partial charge in [0.25, 0.3) is 0 Å². The zero-order valence-electron chi connectivity index (χ0n) is 35.6. The summed E-state index contributed by atoms with van der Waals surface area (Å²) >= 11 is 1.44. The fourth-order valence-electron chi connectivity index (χ4n) is 8.24. The molecule has 0 aliphatic carbocycles. The van der Waals surface area contributed by atoms with Crippen molar-refractivity contribution in [1.82, 2.24) is 0 Å². The molecule has 0 bridgehead atoms. The first kappa shape index (κ1) is 41.0. The summed E-state index contributed by atoms with van der Waals surface area (Å²) < 4.78 is 1.41. The first-order valence-electron chi connectivity index (χ1n) is 21.0. The van der Waals surface area contributed by atoms with Crippen LogP contribution in [0, 0.1) is 0 Å². The Labute approximate surface area is 371 Å². The van der Waals surface area contributed by atoms with Crippen LogP contribution in [0.2, 0.25) is 0 Å². The minimum Gasteiger partial charge on any atom is -0.214 e. The molecule has 292 valence electrons. The second-order valence-corrected chi connectivity index (χ2v) is 19.0. The summed E-state index contributed by atoms with van der Waals surface area (Å²) in [4.78, 5) is 0. The van der Waals surface area contributed by atoms with E-state index >= 15 is 0 Å². The Bertz CT molecular complexity index is 2830. The van der Waals surface area contributed by atoms with Gasteiger partial charge in [-0.15, -0.1) is 39.7 Å². The Morgan fingerprint density at radius 1 is 0.400 bits per heavy atom. The molecule has 0 fully saturated rings. The number of hydrogen-bond donors (Lipinski definition) is 0. The van der Waals surface area contributed by atoms with Gasteiger partial charge in [-0.1, -0.05) is 114 Å². The normalized spacial score (nSPS) is 11.6. The van der Waals surface area contributed by atoms with Gasteiger partial charge in [0.15, 0.2) is 0 Å². The molecule has 0 saturated carbocycles. The van der Waals surface area contributed by atoms with Crippen LogP contribution in [-0.2, 0) is 35.1 Å². The standard InChI is InChI=1S/C33H33.C21H14.C5H5.Zr/c1-32(2,3)30-20-26-24(18-28(30)22-13-9-7-10-14-22)17-25-19-29(23-15-11-8-12-16-23)31(21-27(25)26)33(4,5)6;1-3-7-20-14-16(9-11-18(20)5-1)13-17-10-12-19-6-2-4-8-21(19)15-17;1-2-4-5-3-1;/h7-21H,1-6H3;1-12,14-15H;1-5H;/q-1;;-1;+2. The molecule has 1 heteroatoms. The van der Waals surface area contributed by atoms with Gasteiger partial charge in [-0.3, -0.25) is 0 Å². The van der Waals surface area contributed by atoms with Gasteiger partial charge >= 0.3 is 145 Å². The van der Waals surface area contributed by atoms with Crippen LogP contribution < -0.4 is 0 Å². The first-order chi connectivity index (χ1) is 28.9. The third-order valence-electron chi connectivity index (χ3n) is 11.4. The summed E-state index contributed by atoms with van der Waals surface area (Å²) in [6.07, 6.45) is 0. The molecular formula is C59H52Zr. The van der Waals surface area contributed by atoms with E-state index in [1.54, 1.807) is 0 Å². The molecule has 0 aromatic heterocycles. The number of fused-ring (bicyclic) bond motifs is 5. The molecule has 0 saturated heterocycles. The van der Waals surface area contributed by atoms with Crippen LogP contribution in [0.4, 0.5) is 0 Å². The predicted molar refractivity (Wildman–Crippen MR) is 258 cm³/mol. The Morgan fingerprint density at radius 3 is 1.15 bits per heavy atom. The number of benzene rings is 8. The molecular weight excluding hydrogens is 800 g/mol. The van der Waals surface area contributed by atoms with E-state index in [4.69, 9.17) is 0 Å². The molecule has 0 amide bonds. The molecule has 10 aromatic carbocycles. The molecule has 0 aliphatic rings. The van der Waals surface area contributed by atoms with Gasteiger partial charge in [-0.25, -0.2) is 12.1 Å². The van der Waals surface area contributed by atoms with E-state index in [9.17, 15) is 0 Å². The summed E-state index contributed by atoms with van der Waals surface area (Å²) in [5.41, 5.74) is 10.8. The SMILES string of the molecule is CC(C)(C)c1cc2c(cc1-c1ccccc1)[cH-]c1cc(-c3ccccc3)c(C(C)(C)C)cc12.[Zr+2]=[C](c1ccc2ccccc2c1)c1ccc2ccccc2c1.c1cc[cH-]c1. The average molecular weight is 852 g/mol. The van der Waals surface area contributed by atoms with E-state index in [1.807, 2.05) is 30.3 Å². The van der Waals surface area contributed by atoms with Crippen LogP contribution in [0.1, 0.15) is 63.8 Å². The number of hydrogen-bond acceptors (Lipinski definition) is 0. The Hall–Kier alpha value is -5.75. The van der Waals surface area contributed by atoms with Gasteiger partial charge in [0.05, 0.1) is 0 Å². The molecule has 0 heterocycles. The van der Waals surface area contributed by atoms with Gasteiger partial charge in [0, 0.05) is 0 Å². The van der Waals surface area contributed by atoms with Gasteiger partial charge in [0.1, 0.15) is 0 Å². The van der Waals surface area contributed by atoms with Crippen LogP contribution in [-0.4, -0.2) is 3.21 Å². The van der Waals surface area contributed by atoms with E-state index in [0.29, 0.717) is 0 Å². The van der Waals surface area contributed by atoms with E-state index in [1.165, 1.54) is 115 Å². The molecule has 0 radical (unpaired) electrons. The molecule has 0 spiro atoms. The molecule has 0 unspecified atom stereocenters. The molecule has 10 rings (SSSR count). The maximum atomic E-state index is 2.45. The van der Waals surface area contributed by atoms with Crippen LogP contribution in [0.5, 0.6) is 0 Å². The van der Waals surface area contributed by atoms with Gasteiger partial charge < -0.3 is 0 Å². The van der Waals surface area contributed by atoms with Crippen molar-refractivity contribution in [2.24, 2.45) is 0 Å². The van der Waals surface area contributed by atoms with E-state index < -0.39 is 0 Å². The first-order valence-corrected chi connectivity index (χ1v) is 22.2. The summed E-state index contributed by atoms with van der Waals surface area (Å²) in [7, 11) is 0. The van der Waals surface area contributed by atoms with E-state index in [-0.39, 0.29) is 10.8 Å². The summed E-state index contributed by atoms with van der Waals surface area (Å²) in [5.74, 6) is 0. The van der Waals surface area contributed by atoms with Crippen molar-refractivity contribution in [2.45, 2.75) is 52.4 Å². The van der Waals surface area contributed by atoms with Gasteiger partial charge in [0.2, 0.25) is 0 Å². The predicted octanol–water partition coefficient (Wildman–Crippen LogP) is 16.2. The molecule has 0 aliphatic heterocycles. The quantitative estimate of drug-likeness (QED) is 0.155. The molecule has 10 aromatic rings. The fraction of sp³-hybridized carbons (Fsp3) is 0.136. The smallest absolute Gasteiger partial charge is 0.172 e. The summed E-state index contributed by atoms with van der Waals surface area (Å²) in [6, 6.07) is 74.3. The van der Waals surface area contributed by atoms with Crippen LogP contribution >= 0.6 is 0 Å². The van der Waals surface area contributed by atoms with E-state index in [0.717, 1.165) is 0 Å². The van der Waals surface area contributed by atoms with Crippen molar-refractivity contribution in [3.8, 4) is 22.3 Å². The zero-order chi connectivity index (χ0) is 41.9. The van der Waals surface area contributed by atoms with Gasteiger partial charge in [-0.05, 0) is 44.2 Å². The largest absolute Gasteiger partial charge is 0.214 e. The minimum atomic E-state index is 0.0554. The molecule has 0 nitrogen and oxygen atoms in total. The van der Waals surface area contributed by atoms with Crippen LogP contribution in [0.3, 0.4) is 0 Å². The molecule has 0 N–H and O–H groups in total. The van der Waals surface area contributed by atoms with Crippen molar-refractivity contribution in [3.05, 3.63) is 229 Å². The summed E-state index contributed by atoms with van der Waals surface area (Å²) in [6.45, 7) is 13.9. The number of rotatable bonds is 4. The second kappa shape index (κ2) is 17.5. The third-order valence-corrected chi connectivity index (χ3v) is 12.8. The van der Waals surface area contributed by atoms with Gasteiger partial charge in [-0.2, -0.15) is 18.2 Å².